The van der Waals surface area contributed by atoms with Gasteiger partial charge in [-0.3, -0.25) is 9.59 Å². The summed E-state index contributed by atoms with van der Waals surface area (Å²) >= 11 is 1.45. The van der Waals surface area contributed by atoms with Crippen LogP contribution in [-0.4, -0.2) is 36.6 Å². The second-order valence-electron chi connectivity index (χ2n) is 6.53. The molecule has 2 N–H and O–H groups in total. The first-order valence-corrected chi connectivity index (χ1v) is 10.9. The quantitative estimate of drug-likeness (QED) is 0.500. The Bertz CT molecular complexity index is 1020. The molecule has 2 amide bonds. The van der Waals surface area contributed by atoms with Gasteiger partial charge in [-0.2, -0.15) is 0 Å². The van der Waals surface area contributed by atoms with E-state index in [1.54, 1.807) is 24.3 Å². The van der Waals surface area contributed by atoms with E-state index in [1.165, 1.54) is 11.3 Å². The van der Waals surface area contributed by atoms with Crippen LogP contribution in [-0.2, 0) is 16.0 Å². The Hall–Kier alpha value is -3.39. The summed E-state index contributed by atoms with van der Waals surface area (Å²) in [6, 6.07) is 14.7. The molecular formula is C23H25N3O4S. The first-order valence-electron chi connectivity index (χ1n) is 10.0. The highest BCUT2D eigenvalue weighted by atomic mass is 32.1. The molecule has 0 bridgehead atoms. The summed E-state index contributed by atoms with van der Waals surface area (Å²) in [4.78, 5) is 28.9. The molecule has 8 heteroatoms. The minimum absolute atomic E-state index is 0.101. The predicted molar refractivity (Wildman–Crippen MR) is 122 cm³/mol. The predicted octanol–water partition coefficient (Wildman–Crippen LogP) is 3.90. The lowest BCUT2D eigenvalue weighted by atomic mass is 10.2. The van der Waals surface area contributed by atoms with Gasteiger partial charge in [0.2, 0.25) is 11.8 Å². The van der Waals surface area contributed by atoms with Crippen molar-refractivity contribution in [3.05, 3.63) is 59.6 Å². The Morgan fingerprint density at radius 1 is 0.968 bits per heavy atom. The number of carbonyl (C=O) groups excluding carboxylic acids is 2. The normalized spacial score (nSPS) is 10.4. The standard InChI is InChI=1S/C23H25N3O4S/c1-3-29-18-11-9-16(10-12-18)25-22(28)14-24-21(27)13-17-15-31-23(26-17)19-7-5-6-8-20(19)30-4-2/h5-12,15H,3-4,13-14H2,1-2H3,(H,24,27)(H,25,28). The third-order valence-corrected chi connectivity index (χ3v) is 5.13. The van der Waals surface area contributed by atoms with Crippen LogP contribution >= 0.6 is 11.3 Å². The van der Waals surface area contributed by atoms with E-state index in [2.05, 4.69) is 15.6 Å². The molecule has 31 heavy (non-hydrogen) atoms. The number of ether oxygens (including phenoxy) is 2. The zero-order valence-electron chi connectivity index (χ0n) is 17.5. The molecule has 162 valence electrons. The van der Waals surface area contributed by atoms with E-state index in [0.29, 0.717) is 24.6 Å². The highest BCUT2D eigenvalue weighted by Gasteiger charge is 2.13. The number of anilines is 1. The Morgan fingerprint density at radius 3 is 2.45 bits per heavy atom. The minimum atomic E-state index is -0.304. The number of carbonyl (C=O) groups is 2. The van der Waals surface area contributed by atoms with Crippen LogP contribution < -0.4 is 20.1 Å². The van der Waals surface area contributed by atoms with Gasteiger partial charge in [-0.1, -0.05) is 12.1 Å². The lowest BCUT2D eigenvalue weighted by molar-refractivity contribution is -0.123. The van der Waals surface area contributed by atoms with Crippen LogP contribution in [0.4, 0.5) is 5.69 Å². The molecule has 0 fully saturated rings. The highest BCUT2D eigenvalue weighted by molar-refractivity contribution is 7.13. The van der Waals surface area contributed by atoms with Crippen molar-refractivity contribution in [2.45, 2.75) is 20.3 Å². The molecule has 0 radical (unpaired) electrons. The maximum Gasteiger partial charge on any atom is 0.243 e. The third kappa shape index (κ3) is 6.55. The van der Waals surface area contributed by atoms with Gasteiger partial charge in [0.05, 0.1) is 37.4 Å². The number of para-hydroxylation sites is 1. The number of amides is 2. The lowest BCUT2D eigenvalue weighted by Crippen LogP contribution is -2.33. The van der Waals surface area contributed by atoms with Gasteiger partial charge in [0.15, 0.2) is 0 Å². The third-order valence-electron chi connectivity index (χ3n) is 4.21. The fourth-order valence-electron chi connectivity index (χ4n) is 2.85. The van der Waals surface area contributed by atoms with Crippen LogP contribution in [0.1, 0.15) is 19.5 Å². The van der Waals surface area contributed by atoms with Crippen molar-refractivity contribution in [3.63, 3.8) is 0 Å². The van der Waals surface area contributed by atoms with Gasteiger partial charge in [0, 0.05) is 11.1 Å². The number of nitrogens with one attached hydrogen (secondary N) is 2. The van der Waals surface area contributed by atoms with Crippen molar-refractivity contribution in [3.8, 4) is 22.1 Å². The summed E-state index contributed by atoms with van der Waals surface area (Å²) in [5, 5.41) is 8.00. The summed E-state index contributed by atoms with van der Waals surface area (Å²) in [5.41, 5.74) is 2.19. The second kappa shape index (κ2) is 11.1. The molecule has 7 nitrogen and oxygen atoms in total. The van der Waals surface area contributed by atoms with Crippen molar-refractivity contribution >= 4 is 28.8 Å². The zero-order valence-corrected chi connectivity index (χ0v) is 18.3. The summed E-state index contributed by atoms with van der Waals surface area (Å²) in [6.45, 7) is 4.87. The van der Waals surface area contributed by atoms with E-state index in [1.807, 2.05) is 43.5 Å². The average molecular weight is 440 g/mol. The lowest BCUT2D eigenvalue weighted by Gasteiger charge is -2.08. The van der Waals surface area contributed by atoms with Crippen molar-refractivity contribution in [1.29, 1.82) is 0 Å². The number of hydrogen-bond donors (Lipinski definition) is 2. The molecule has 0 saturated heterocycles. The number of benzene rings is 2. The van der Waals surface area contributed by atoms with Gasteiger partial charge >= 0.3 is 0 Å². The van der Waals surface area contributed by atoms with Gasteiger partial charge in [0.25, 0.3) is 0 Å². The van der Waals surface area contributed by atoms with E-state index in [4.69, 9.17) is 9.47 Å². The van der Waals surface area contributed by atoms with Gasteiger partial charge in [-0.25, -0.2) is 4.98 Å². The largest absolute Gasteiger partial charge is 0.494 e. The van der Waals surface area contributed by atoms with Crippen molar-refractivity contribution < 1.29 is 19.1 Å². The molecule has 1 aromatic heterocycles. The Labute approximate surface area is 185 Å². The monoisotopic (exact) mass is 439 g/mol. The van der Waals surface area contributed by atoms with E-state index in [-0.39, 0.29) is 24.8 Å². The molecule has 0 aliphatic carbocycles. The Balaban J connectivity index is 1.49. The van der Waals surface area contributed by atoms with Gasteiger partial charge < -0.3 is 20.1 Å². The van der Waals surface area contributed by atoms with E-state index in [9.17, 15) is 9.59 Å². The summed E-state index contributed by atoms with van der Waals surface area (Å²) in [7, 11) is 0. The summed E-state index contributed by atoms with van der Waals surface area (Å²) in [5.74, 6) is 0.931. The molecule has 0 aliphatic rings. The Kier molecular flexibility index (Phi) is 8.00. The van der Waals surface area contributed by atoms with E-state index in [0.717, 1.165) is 22.1 Å². The van der Waals surface area contributed by atoms with Crippen molar-refractivity contribution in [2.75, 3.05) is 25.1 Å². The van der Waals surface area contributed by atoms with Crippen LogP contribution in [0, 0.1) is 0 Å². The second-order valence-corrected chi connectivity index (χ2v) is 7.39. The van der Waals surface area contributed by atoms with Crippen molar-refractivity contribution in [2.24, 2.45) is 0 Å². The number of nitrogens with zero attached hydrogens (tertiary/aromatic N) is 1. The number of thiazole rings is 1. The molecular weight excluding hydrogens is 414 g/mol. The zero-order chi connectivity index (χ0) is 22.1. The molecule has 0 spiro atoms. The van der Waals surface area contributed by atoms with Crippen molar-refractivity contribution in [1.82, 2.24) is 10.3 Å². The van der Waals surface area contributed by atoms with Gasteiger partial charge in [-0.15, -0.1) is 11.3 Å². The molecule has 1 heterocycles. The number of aromatic nitrogens is 1. The molecule has 0 unspecified atom stereocenters. The van der Waals surface area contributed by atoms with Crippen LogP contribution in [0.3, 0.4) is 0 Å². The summed E-state index contributed by atoms with van der Waals surface area (Å²) < 4.78 is 11.0. The fourth-order valence-corrected chi connectivity index (χ4v) is 3.70. The molecule has 0 saturated carbocycles. The summed E-state index contributed by atoms with van der Waals surface area (Å²) in [6.07, 6.45) is 0.101. The van der Waals surface area contributed by atoms with Gasteiger partial charge in [-0.05, 0) is 50.2 Å². The molecule has 3 rings (SSSR count). The highest BCUT2D eigenvalue weighted by Crippen LogP contribution is 2.32. The van der Waals surface area contributed by atoms with Crippen LogP contribution in [0.25, 0.3) is 10.6 Å². The van der Waals surface area contributed by atoms with Crippen LogP contribution in [0.2, 0.25) is 0 Å². The molecule has 0 atom stereocenters. The van der Waals surface area contributed by atoms with Gasteiger partial charge in [0.1, 0.15) is 16.5 Å². The first-order chi connectivity index (χ1) is 15.1. The SMILES string of the molecule is CCOc1ccc(NC(=O)CNC(=O)Cc2csc(-c3ccccc3OCC)n2)cc1. The molecule has 3 aromatic rings. The molecule has 2 aromatic carbocycles. The maximum atomic E-state index is 12.2. The average Bonchev–Trinajstić information content (AvgIpc) is 3.23. The first kappa shape index (κ1) is 22.3. The number of hydrogen-bond acceptors (Lipinski definition) is 6. The topological polar surface area (TPSA) is 89.6 Å². The van der Waals surface area contributed by atoms with E-state index < -0.39 is 0 Å². The molecule has 0 aliphatic heterocycles. The van der Waals surface area contributed by atoms with Crippen LogP contribution in [0.5, 0.6) is 11.5 Å². The van der Waals surface area contributed by atoms with E-state index >= 15 is 0 Å². The maximum absolute atomic E-state index is 12.2. The fraction of sp³-hybridized carbons (Fsp3) is 0.261. The smallest absolute Gasteiger partial charge is 0.243 e. The van der Waals surface area contributed by atoms with Crippen LogP contribution in [0.15, 0.2) is 53.9 Å². The Morgan fingerprint density at radius 2 is 1.71 bits per heavy atom. The number of rotatable bonds is 10. The minimum Gasteiger partial charge on any atom is -0.494 e.